The van der Waals surface area contributed by atoms with Gasteiger partial charge in [-0.15, -0.1) is 11.8 Å². The van der Waals surface area contributed by atoms with Crippen molar-refractivity contribution in [1.29, 1.82) is 0 Å². The first kappa shape index (κ1) is 27.5. The van der Waals surface area contributed by atoms with Gasteiger partial charge >= 0.3 is 0 Å². The molecule has 2 amide bonds. The van der Waals surface area contributed by atoms with Crippen LogP contribution in [0.1, 0.15) is 25.3 Å². The zero-order valence-electron chi connectivity index (χ0n) is 21.6. The lowest BCUT2D eigenvalue weighted by Gasteiger charge is -2.26. The van der Waals surface area contributed by atoms with Crippen molar-refractivity contribution < 1.29 is 22.7 Å². The molecule has 0 atom stereocenters. The second kappa shape index (κ2) is 11.9. The quantitative estimate of drug-likeness (QED) is 0.352. The lowest BCUT2D eigenvalue weighted by molar-refractivity contribution is -0.117. The molecule has 3 aromatic rings. The SMILES string of the molecule is CCOc1ccccc1N(CC(=O)Nc1ccc(N2CCCC2=O)c(C)c1)S(=O)(=O)c1ccc(SC)cc1. The fourth-order valence-corrected chi connectivity index (χ4v) is 6.22. The minimum absolute atomic E-state index is 0.0740. The molecule has 0 spiro atoms. The number of benzene rings is 3. The summed E-state index contributed by atoms with van der Waals surface area (Å²) in [6.45, 7) is 4.25. The Kier molecular flexibility index (Phi) is 8.63. The highest BCUT2D eigenvalue weighted by Crippen LogP contribution is 2.33. The van der Waals surface area contributed by atoms with Crippen molar-refractivity contribution in [2.24, 2.45) is 0 Å². The summed E-state index contributed by atoms with van der Waals surface area (Å²) in [5.74, 6) is -0.0585. The Bertz CT molecular complexity index is 1420. The molecule has 1 heterocycles. The molecule has 8 nitrogen and oxygen atoms in total. The van der Waals surface area contributed by atoms with Crippen LogP contribution in [0.3, 0.4) is 0 Å². The third-order valence-corrected chi connectivity index (χ3v) is 8.73. The Hall–Kier alpha value is -3.50. The Balaban J connectivity index is 1.63. The molecule has 200 valence electrons. The van der Waals surface area contributed by atoms with Gasteiger partial charge in [-0.25, -0.2) is 8.42 Å². The highest BCUT2D eigenvalue weighted by atomic mass is 32.2. The molecular weight excluding hydrogens is 522 g/mol. The van der Waals surface area contributed by atoms with E-state index < -0.39 is 22.5 Å². The fraction of sp³-hybridized carbons (Fsp3) is 0.286. The zero-order valence-corrected chi connectivity index (χ0v) is 23.3. The molecule has 1 saturated heterocycles. The summed E-state index contributed by atoms with van der Waals surface area (Å²) in [5, 5.41) is 2.81. The van der Waals surface area contributed by atoms with E-state index in [4.69, 9.17) is 4.74 Å². The minimum Gasteiger partial charge on any atom is -0.492 e. The van der Waals surface area contributed by atoms with E-state index in [-0.39, 0.29) is 16.5 Å². The van der Waals surface area contributed by atoms with Crippen molar-refractivity contribution in [3.8, 4) is 5.75 Å². The van der Waals surface area contributed by atoms with Crippen molar-refractivity contribution in [1.82, 2.24) is 0 Å². The monoisotopic (exact) mass is 553 g/mol. The number of sulfonamides is 1. The lowest BCUT2D eigenvalue weighted by atomic mass is 10.1. The van der Waals surface area contributed by atoms with Crippen LogP contribution in [-0.4, -0.2) is 46.2 Å². The Morgan fingerprint density at radius 2 is 1.84 bits per heavy atom. The van der Waals surface area contributed by atoms with E-state index in [1.54, 1.807) is 59.5 Å². The molecule has 1 N–H and O–H groups in total. The van der Waals surface area contributed by atoms with Gasteiger partial charge in [-0.2, -0.15) is 0 Å². The zero-order chi connectivity index (χ0) is 27.3. The molecule has 0 bridgehead atoms. The first-order valence-corrected chi connectivity index (χ1v) is 15.0. The van der Waals surface area contributed by atoms with E-state index >= 15 is 0 Å². The number of para-hydroxylation sites is 2. The average Bonchev–Trinajstić information content (AvgIpc) is 3.33. The number of hydrogen-bond donors (Lipinski definition) is 1. The number of anilines is 3. The van der Waals surface area contributed by atoms with Crippen LogP contribution in [0, 0.1) is 6.92 Å². The van der Waals surface area contributed by atoms with E-state index in [0.29, 0.717) is 31.0 Å². The van der Waals surface area contributed by atoms with Crippen molar-refractivity contribution >= 4 is 50.7 Å². The van der Waals surface area contributed by atoms with Crippen molar-refractivity contribution in [3.05, 3.63) is 72.3 Å². The van der Waals surface area contributed by atoms with E-state index in [0.717, 1.165) is 26.9 Å². The van der Waals surface area contributed by atoms with Gasteiger partial charge in [0.15, 0.2) is 0 Å². The smallest absolute Gasteiger partial charge is 0.264 e. The summed E-state index contributed by atoms with van der Waals surface area (Å²) in [4.78, 5) is 28.1. The van der Waals surface area contributed by atoms with Gasteiger partial charge in [-0.1, -0.05) is 12.1 Å². The number of aryl methyl sites for hydroxylation is 1. The van der Waals surface area contributed by atoms with Gasteiger partial charge in [0, 0.05) is 29.2 Å². The van der Waals surface area contributed by atoms with Gasteiger partial charge in [0.25, 0.3) is 10.0 Å². The number of ether oxygens (including phenoxy) is 1. The average molecular weight is 554 g/mol. The molecule has 0 saturated carbocycles. The molecular formula is C28H31N3O5S2. The maximum absolute atomic E-state index is 13.8. The van der Waals surface area contributed by atoms with Crippen LogP contribution < -0.4 is 19.3 Å². The van der Waals surface area contributed by atoms with E-state index in [1.165, 1.54) is 23.9 Å². The molecule has 38 heavy (non-hydrogen) atoms. The van der Waals surface area contributed by atoms with E-state index in [1.807, 2.05) is 20.1 Å². The van der Waals surface area contributed by atoms with Gasteiger partial charge in [0.1, 0.15) is 12.3 Å². The molecule has 10 heteroatoms. The van der Waals surface area contributed by atoms with Crippen LogP contribution in [0.5, 0.6) is 5.75 Å². The molecule has 3 aromatic carbocycles. The highest BCUT2D eigenvalue weighted by Gasteiger charge is 2.30. The summed E-state index contributed by atoms with van der Waals surface area (Å²) in [6, 6.07) is 18.6. The fourth-order valence-electron chi connectivity index (χ4n) is 4.39. The van der Waals surface area contributed by atoms with Crippen LogP contribution in [0.25, 0.3) is 0 Å². The Labute approximate surface area is 228 Å². The van der Waals surface area contributed by atoms with Crippen LogP contribution >= 0.6 is 11.8 Å². The maximum atomic E-state index is 13.8. The predicted octanol–water partition coefficient (Wildman–Crippen LogP) is 5.08. The summed E-state index contributed by atoms with van der Waals surface area (Å²) < 4.78 is 34.4. The molecule has 4 rings (SSSR count). The van der Waals surface area contributed by atoms with Crippen LogP contribution in [-0.2, 0) is 19.6 Å². The van der Waals surface area contributed by atoms with E-state index in [9.17, 15) is 18.0 Å². The third kappa shape index (κ3) is 5.97. The van der Waals surface area contributed by atoms with Gasteiger partial charge in [-0.3, -0.25) is 13.9 Å². The number of nitrogens with zero attached hydrogens (tertiary/aromatic N) is 2. The second-order valence-electron chi connectivity index (χ2n) is 8.79. The topological polar surface area (TPSA) is 96.0 Å². The van der Waals surface area contributed by atoms with Gasteiger partial charge in [0.05, 0.1) is 17.2 Å². The Morgan fingerprint density at radius 3 is 2.47 bits per heavy atom. The number of thioether (sulfide) groups is 1. The van der Waals surface area contributed by atoms with Crippen LogP contribution in [0.4, 0.5) is 17.1 Å². The van der Waals surface area contributed by atoms with Crippen LogP contribution in [0.15, 0.2) is 76.5 Å². The highest BCUT2D eigenvalue weighted by molar-refractivity contribution is 7.98. The largest absolute Gasteiger partial charge is 0.492 e. The normalized spacial score (nSPS) is 13.4. The minimum atomic E-state index is -4.10. The second-order valence-corrected chi connectivity index (χ2v) is 11.5. The van der Waals surface area contributed by atoms with Crippen molar-refractivity contribution in [3.63, 3.8) is 0 Å². The molecule has 0 aliphatic carbocycles. The summed E-state index contributed by atoms with van der Waals surface area (Å²) in [5.41, 5.74) is 2.45. The summed E-state index contributed by atoms with van der Waals surface area (Å²) >= 11 is 1.51. The number of hydrogen-bond acceptors (Lipinski definition) is 6. The number of rotatable bonds is 10. The summed E-state index contributed by atoms with van der Waals surface area (Å²) in [7, 11) is -4.10. The lowest BCUT2D eigenvalue weighted by Crippen LogP contribution is -2.38. The molecule has 0 unspecified atom stereocenters. The van der Waals surface area contributed by atoms with Crippen molar-refractivity contribution in [2.45, 2.75) is 36.5 Å². The number of nitrogens with one attached hydrogen (secondary N) is 1. The number of amides is 2. The predicted molar refractivity (Wildman–Crippen MR) is 152 cm³/mol. The van der Waals surface area contributed by atoms with Gasteiger partial charge in [-0.05, 0) is 86.7 Å². The van der Waals surface area contributed by atoms with Crippen LogP contribution in [0.2, 0.25) is 0 Å². The van der Waals surface area contributed by atoms with Crippen molar-refractivity contribution in [2.75, 3.05) is 40.5 Å². The molecule has 0 radical (unpaired) electrons. The first-order valence-electron chi connectivity index (χ1n) is 12.3. The Morgan fingerprint density at radius 1 is 1.11 bits per heavy atom. The van der Waals surface area contributed by atoms with Gasteiger partial charge < -0.3 is 15.0 Å². The maximum Gasteiger partial charge on any atom is 0.264 e. The third-order valence-electron chi connectivity index (χ3n) is 6.21. The summed E-state index contributed by atoms with van der Waals surface area (Å²) in [6.07, 6.45) is 3.27. The molecule has 1 aliphatic rings. The molecule has 1 fully saturated rings. The number of carbonyl (C=O) groups is 2. The standard InChI is InChI=1S/C28H31N3O5S2/c1-4-36-26-9-6-5-8-25(26)31(38(34,35)23-14-12-22(37-3)13-15-23)19-27(32)29-21-11-16-24(20(2)18-21)30-17-7-10-28(30)33/h5-6,8-9,11-16,18H,4,7,10,17,19H2,1-3H3,(H,29,32). The van der Waals surface area contributed by atoms with E-state index in [2.05, 4.69) is 5.32 Å². The first-order chi connectivity index (χ1) is 18.2. The molecule has 1 aliphatic heterocycles. The van der Waals surface area contributed by atoms with Gasteiger partial charge in [0.2, 0.25) is 11.8 Å². The molecule has 0 aromatic heterocycles. The number of carbonyl (C=O) groups excluding carboxylic acids is 2.